The summed E-state index contributed by atoms with van der Waals surface area (Å²) in [4.78, 5) is 17.3. The van der Waals surface area contributed by atoms with Gasteiger partial charge < -0.3 is 16.2 Å². The average molecular weight is 289 g/mol. The Morgan fingerprint density at radius 2 is 1.85 bits per heavy atom. The first kappa shape index (κ1) is 15.3. The Morgan fingerprint density at radius 3 is 2.35 bits per heavy atom. The fourth-order valence-electron chi connectivity index (χ4n) is 1.10. The number of guanidine groups is 2. The van der Waals surface area contributed by atoms with Crippen molar-refractivity contribution in [1.29, 1.82) is 0 Å². The van der Waals surface area contributed by atoms with Gasteiger partial charge in [0.1, 0.15) is 5.75 Å². The Hall–Kier alpha value is -2.78. The molecule has 20 heavy (non-hydrogen) atoms. The van der Waals surface area contributed by atoms with E-state index in [0.717, 1.165) is 12.1 Å². The lowest BCUT2D eigenvalue weighted by Crippen LogP contribution is -2.32. The molecule has 0 aliphatic heterocycles. The van der Waals surface area contributed by atoms with Crippen LogP contribution in [0, 0.1) is 0 Å². The van der Waals surface area contributed by atoms with Crippen molar-refractivity contribution in [3.8, 4) is 5.75 Å². The zero-order valence-corrected chi connectivity index (χ0v) is 9.89. The molecule has 0 unspecified atom stereocenters. The zero-order valence-electron chi connectivity index (χ0n) is 9.89. The topological polar surface area (TPSA) is 115 Å². The van der Waals surface area contributed by atoms with Gasteiger partial charge in [0.05, 0.1) is 5.69 Å². The summed E-state index contributed by atoms with van der Waals surface area (Å²) in [7, 11) is 0. The highest BCUT2D eigenvalue weighted by Crippen LogP contribution is 2.24. The molecular weight excluding hydrogens is 279 g/mol. The Labute approximate surface area is 111 Å². The highest BCUT2D eigenvalue weighted by molar-refractivity contribution is 5.97. The molecule has 0 atom stereocenters. The normalized spacial score (nSPS) is 12.9. The molecule has 5 N–H and O–H groups in total. The van der Waals surface area contributed by atoms with E-state index < -0.39 is 6.36 Å². The van der Waals surface area contributed by atoms with Gasteiger partial charge in [0.2, 0.25) is 18.3 Å². The number of rotatable bonds is 3. The minimum atomic E-state index is -4.76. The molecule has 1 aromatic carbocycles. The van der Waals surface area contributed by atoms with Crippen LogP contribution in [-0.4, -0.2) is 24.7 Å². The number of nitrogens with one attached hydrogen (secondary N) is 1. The fourth-order valence-corrected chi connectivity index (χ4v) is 1.10. The standard InChI is InChI=1S/C10H10F3N5O2/c11-10(12,13)20-7-3-1-6(2-4-7)17-9(15)18-8(14)16-5-19/h1-5H,(H5,14,15,16,17,18,19). The molecule has 108 valence electrons. The van der Waals surface area contributed by atoms with Gasteiger partial charge in [-0.25, -0.2) is 4.99 Å². The summed E-state index contributed by atoms with van der Waals surface area (Å²) in [6.45, 7) is 0. The summed E-state index contributed by atoms with van der Waals surface area (Å²) in [6.07, 6.45) is -4.46. The van der Waals surface area contributed by atoms with Crippen LogP contribution in [0.4, 0.5) is 18.9 Å². The molecule has 0 fully saturated rings. The number of alkyl halides is 3. The Morgan fingerprint density at radius 1 is 1.25 bits per heavy atom. The van der Waals surface area contributed by atoms with Crippen LogP contribution in [0.3, 0.4) is 0 Å². The Balaban J connectivity index is 2.79. The molecule has 0 aromatic heterocycles. The van der Waals surface area contributed by atoms with Crippen LogP contribution in [0.15, 0.2) is 34.3 Å². The van der Waals surface area contributed by atoms with Crippen molar-refractivity contribution in [2.45, 2.75) is 6.36 Å². The smallest absolute Gasteiger partial charge is 0.406 e. The summed E-state index contributed by atoms with van der Waals surface area (Å²) >= 11 is 0. The number of benzene rings is 1. The Kier molecular flexibility index (Phi) is 4.89. The maximum absolute atomic E-state index is 11.9. The van der Waals surface area contributed by atoms with Crippen molar-refractivity contribution in [3.63, 3.8) is 0 Å². The van der Waals surface area contributed by atoms with Gasteiger partial charge in [0.25, 0.3) is 0 Å². The van der Waals surface area contributed by atoms with Crippen LogP contribution in [0.25, 0.3) is 0 Å². The minimum Gasteiger partial charge on any atom is -0.406 e. The first-order valence-corrected chi connectivity index (χ1v) is 5.04. The second kappa shape index (κ2) is 6.41. The van der Waals surface area contributed by atoms with Crippen molar-refractivity contribution in [2.24, 2.45) is 21.5 Å². The van der Waals surface area contributed by atoms with Gasteiger partial charge in [-0.2, -0.15) is 4.99 Å². The zero-order chi connectivity index (χ0) is 15.2. The van der Waals surface area contributed by atoms with Crippen molar-refractivity contribution in [1.82, 2.24) is 5.32 Å². The highest BCUT2D eigenvalue weighted by atomic mass is 19.4. The van der Waals surface area contributed by atoms with Crippen LogP contribution in [0.1, 0.15) is 0 Å². The maximum atomic E-state index is 11.9. The van der Waals surface area contributed by atoms with Gasteiger partial charge in [-0.3, -0.25) is 10.1 Å². The molecule has 1 amide bonds. The molecule has 0 spiro atoms. The fraction of sp³-hybridized carbons (Fsp3) is 0.100. The molecule has 0 saturated carbocycles. The van der Waals surface area contributed by atoms with E-state index in [1.165, 1.54) is 12.1 Å². The van der Waals surface area contributed by atoms with Crippen molar-refractivity contribution >= 4 is 24.0 Å². The lowest BCUT2D eigenvalue weighted by molar-refractivity contribution is -0.274. The number of amides is 1. The van der Waals surface area contributed by atoms with E-state index in [2.05, 4.69) is 14.7 Å². The van der Waals surface area contributed by atoms with E-state index >= 15 is 0 Å². The van der Waals surface area contributed by atoms with E-state index in [1.807, 2.05) is 5.32 Å². The molecule has 1 rings (SSSR count). The summed E-state index contributed by atoms with van der Waals surface area (Å²) in [5.74, 6) is -0.930. The molecule has 0 aliphatic carbocycles. The molecule has 1 aromatic rings. The van der Waals surface area contributed by atoms with Crippen molar-refractivity contribution in [2.75, 3.05) is 0 Å². The third-order valence-electron chi connectivity index (χ3n) is 1.76. The number of nitrogens with two attached hydrogens (primary N) is 2. The second-order valence-corrected chi connectivity index (χ2v) is 3.27. The second-order valence-electron chi connectivity index (χ2n) is 3.27. The van der Waals surface area contributed by atoms with Gasteiger partial charge in [-0.1, -0.05) is 0 Å². The molecule has 0 radical (unpaired) electrons. The maximum Gasteiger partial charge on any atom is 0.573 e. The van der Waals surface area contributed by atoms with Gasteiger partial charge >= 0.3 is 6.36 Å². The van der Waals surface area contributed by atoms with Gasteiger partial charge in [0, 0.05) is 0 Å². The van der Waals surface area contributed by atoms with E-state index in [1.54, 1.807) is 0 Å². The van der Waals surface area contributed by atoms with Crippen LogP contribution in [-0.2, 0) is 4.79 Å². The predicted molar refractivity (Wildman–Crippen MR) is 65.2 cm³/mol. The molecule has 7 nitrogen and oxygen atoms in total. The number of carbonyl (C=O) groups is 1. The van der Waals surface area contributed by atoms with Crippen LogP contribution >= 0.6 is 0 Å². The highest BCUT2D eigenvalue weighted by Gasteiger charge is 2.30. The largest absolute Gasteiger partial charge is 0.573 e. The number of ether oxygens (including phenoxy) is 1. The number of nitrogens with zero attached hydrogens (tertiary/aromatic N) is 2. The minimum absolute atomic E-state index is 0.236. The molecule has 0 saturated heterocycles. The van der Waals surface area contributed by atoms with Crippen LogP contribution in [0.5, 0.6) is 5.75 Å². The SMILES string of the molecule is NC(=Nc1ccc(OC(F)(F)F)cc1)N=C(N)NC=O. The van der Waals surface area contributed by atoms with Crippen LogP contribution in [0.2, 0.25) is 0 Å². The quantitative estimate of drug-likeness (QED) is 0.429. The van der Waals surface area contributed by atoms with E-state index in [9.17, 15) is 18.0 Å². The number of halogens is 3. The van der Waals surface area contributed by atoms with E-state index in [4.69, 9.17) is 11.5 Å². The molecule has 0 aliphatic rings. The number of carbonyl (C=O) groups excluding carboxylic acids is 1. The summed E-state index contributed by atoms with van der Waals surface area (Å²) in [5, 5.41) is 2.04. The predicted octanol–water partition coefficient (Wildman–Crippen LogP) is 0.592. The number of aliphatic imine (C=N–C) groups is 2. The van der Waals surface area contributed by atoms with Gasteiger partial charge in [-0.05, 0) is 24.3 Å². The average Bonchev–Trinajstić information content (AvgIpc) is 2.30. The van der Waals surface area contributed by atoms with Gasteiger partial charge in [-0.15, -0.1) is 13.2 Å². The van der Waals surface area contributed by atoms with Crippen LogP contribution < -0.4 is 21.5 Å². The van der Waals surface area contributed by atoms with Gasteiger partial charge in [0.15, 0.2) is 0 Å². The summed E-state index contributed by atoms with van der Waals surface area (Å²) in [6, 6.07) is 4.62. The molecule has 0 bridgehead atoms. The molecule has 10 heteroatoms. The van der Waals surface area contributed by atoms with E-state index in [0.29, 0.717) is 6.41 Å². The summed E-state index contributed by atoms with van der Waals surface area (Å²) in [5.41, 5.74) is 10.9. The molecule has 0 heterocycles. The number of hydrogen-bond donors (Lipinski definition) is 3. The monoisotopic (exact) mass is 289 g/mol. The third-order valence-corrected chi connectivity index (χ3v) is 1.76. The first-order valence-electron chi connectivity index (χ1n) is 5.04. The Bertz CT molecular complexity index is 525. The van der Waals surface area contributed by atoms with Crippen molar-refractivity contribution in [3.05, 3.63) is 24.3 Å². The van der Waals surface area contributed by atoms with Crippen molar-refractivity contribution < 1.29 is 22.7 Å². The first-order chi connectivity index (χ1) is 9.30. The summed E-state index contributed by atoms with van der Waals surface area (Å²) < 4.78 is 39.5. The molecular formula is C10H10F3N5O2. The lowest BCUT2D eigenvalue weighted by Gasteiger charge is -2.08. The third kappa shape index (κ3) is 5.71. The lowest BCUT2D eigenvalue weighted by atomic mass is 10.3. The number of hydrogen-bond acceptors (Lipinski definition) is 3. The van der Waals surface area contributed by atoms with E-state index in [-0.39, 0.29) is 23.4 Å².